The van der Waals surface area contributed by atoms with Gasteiger partial charge in [0.1, 0.15) is 11.5 Å². The minimum absolute atomic E-state index is 0.294. The Labute approximate surface area is 156 Å². The van der Waals surface area contributed by atoms with Crippen molar-refractivity contribution in [1.29, 1.82) is 0 Å². The summed E-state index contributed by atoms with van der Waals surface area (Å²) in [5.74, 6) is -0.158. The lowest BCUT2D eigenvalue weighted by atomic mass is 9.99. The summed E-state index contributed by atoms with van der Waals surface area (Å²) in [6, 6.07) is 13.7. The van der Waals surface area contributed by atoms with Crippen LogP contribution in [0.1, 0.15) is 42.2 Å². The van der Waals surface area contributed by atoms with Gasteiger partial charge in [0.25, 0.3) is 5.91 Å². The first-order chi connectivity index (χ1) is 12.5. The van der Waals surface area contributed by atoms with E-state index in [-0.39, 0.29) is 11.7 Å². The average molecular weight is 369 g/mol. The second-order valence-electron chi connectivity index (χ2n) is 6.18. The summed E-state index contributed by atoms with van der Waals surface area (Å²) >= 11 is 5.26. The van der Waals surface area contributed by atoms with Crippen molar-refractivity contribution < 1.29 is 9.18 Å². The molecule has 134 valence electrons. The molecule has 3 rings (SSSR count). The van der Waals surface area contributed by atoms with E-state index in [1.54, 1.807) is 22.9 Å². The van der Waals surface area contributed by atoms with Crippen LogP contribution in [0.4, 0.5) is 10.1 Å². The molecule has 1 heterocycles. The molecule has 0 aliphatic rings. The van der Waals surface area contributed by atoms with Gasteiger partial charge in [-0.1, -0.05) is 26.0 Å². The molecule has 0 aliphatic heterocycles. The summed E-state index contributed by atoms with van der Waals surface area (Å²) in [7, 11) is 0. The second-order valence-corrected chi connectivity index (χ2v) is 6.56. The van der Waals surface area contributed by atoms with Crippen LogP contribution in [0.5, 0.6) is 0 Å². The van der Waals surface area contributed by atoms with Gasteiger partial charge in [-0.2, -0.15) is 0 Å². The van der Waals surface area contributed by atoms with Crippen molar-refractivity contribution in [2.24, 2.45) is 0 Å². The summed E-state index contributed by atoms with van der Waals surface area (Å²) in [6.45, 7) is 4.32. The molecule has 0 unspecified atom stereocenters. The minimum Gasteiger partial charge on any atom is -0.336 e. The predicted molar refractivity (Wildman–Crippen MR) is 104 cm³/mol. The highest BCUT2D eigenvalue weighted by Gasteiger charge is 2.15. The van der Waals surface area contributed by atoms with Crippen LogP contribution in [-0.4, -0.2) is 15.5 Å². The van der Waals surface area contributed by atoms with Gasteiger partial charge in [0.05, 0.1) is 0 Å². The van der Waals surface area contributed by atoms with Crippen LogP contribution >= 0.6 is 12.2 Å². The number of carbonyl (C=O) groups is 1. The molecule has 2 N–H and O–H groups in total. The van der Waals surface area contributed by atoms with Gasteiger partial charge >= 0.3 is 0 Å². The number of amides is 1. The summed E-state index contributed by atoms with van der Waals surface area (Å²) in [5, 5.41) is 2.88. The Hall–Kier alpha value is -2.73. The molecule has 0 saturated carbocycles. The van der Waals surface area contributed by atoms with Crippen LogP contribution in [0.25, 0.3) is 5.69 Å². The lowest BCUT2D eigenvalue weighted by Gasteiger charge is -2.11. The number of nitrogens with one attached hydrogen (secondary N) is 2. The Morgan fingerprint density at radius 1 is 1.19 bits per heavy atom. The topological polar surface area (TPSA) is 49.8 Å². The van der Waals surface area contributed by atoms with Crippen LogP contribution in [0.15, 0.2) is 54.7 Å². The van der Waals surface area contributed by atoms with Crippen molar-refractivity contribution in [2.45, 2.75) is 26.2 Å². The van der Waals surface area contributed by atoms with E-state index in [2.05, 4.69) is 24.1 Å². The van der Waals surface area contributed by atoms with Gasteiger partial charge in [-0.3, -0.25) is 9.36 Å². The SMILES string of the molecule is CC[C@@H](C)c1ccc(NC(=O)c2c[nH]c(=S)n2-c2ccc(F)cc2)cc1. The van der Waals surface area contributed by atoms with Crippen molar-refractivity contribution in [2.75, 3.05) is 5.32 Å². The van der Waals surface area contributed by atoms with Gasteiger partial charge in [-0.05, 0) is 66.5 Å². The Kier molecular flexibility index (Phi) is 5.32. The lowest BCUT2D eigenvalue weighted by molar-refractivity contribution is 0.102. The lowest BCUT2D eigenvalue weighted by Crippen LogP contribution is -2.16. The molecular weight excluding hydrogens is 349 g/mol. The maximum absolute atomic E-state index is 13.2. The number of aromatic amines is 1. The number of H-pyrrole nitrogens is 1. The third kappa shape index (κ3) is 3.75. The highest BCUT2D eigenvalue weighted by atomic mass is 32.1. The van der Waals surface area contributed by atoms with Gasteiger partial charge in [0.2, 0.25) is 0 Å². The van der Waals surface area contributed by atoms with E-state index >= 15 is 0 Å². The van der Waals surface area contributed by atoms with Crippen LogP contribution < -0.4 is 5.32 Å². The number of nitrogens with zero attached hydrogens (tertiary/aromatic N) is 1. The third-order valence-corrected chi connectivity index (χ3v) is 4.74. The number of benzene rings is 2. The van der Waals surface area contributed by atoms with Crippen LogP contribution in [-0.2, 0) is 0 Å². The first-order valence-corrected chi connectivity index (χ1v) is 8.88. The molecule has 0 saturated heterocycles. The largest absolute Gasteiger partial charge is 0.336 e. The summed E-state index contributed by atoms with van der Waals surface area (Å²) in [6.07, 6.45) is 2.61. The molecule has 6 heteroatoms. The Bertz CT molecular complexity index is 958. The molecule has 3 aromatic rings. The van der Waals surface area contributed by atoms with E-state index in [1.165, 1.54) is 17.7 Å². The zero-order chi connectivity index (χ0) is 18.7. The third-order valence-electron chi connectivity index (χ3n) is 4.44. The van der Waals surface area contributed by atoms with Crippen molar-refractivity contribution in [3.8, 4) is 5.69 Å². The highest BCUT2D eigenvalue weighted by Crippen LogP contribution is 2.21. The molecular formula is C20H20FN3OS. The van der Waals surface area contributed by atoms with Crippen molar-refractivity contribution in [3.63, 3.8) is 0 Å². The number of halogens is 1. The number of carbonyl (C=O) groups excluding carboxylic acids is 1. The van der Waals surface area contributed by atoms with Gasteiger partial charge in [-0.15, -0.1) is 0 Å². The van der Waals surface area contributed by atoms with E-state index in [1.807, 2.05) is 24.3 Å². The first kappa shape index (κ1) is 18.1. The predicted octanol–water partition coefficient (Wildman–Crippen LogP) is 5.44. The van der Waals surface area contributed by atoms with Crippen LogP contribution in [0.2, 0.25) is 0 Å². The van der Waals surface area contributed by atoms with Crippen LogP contribution in [0, 0.1) is 10.6 Å². The minimum atomic E-state index is -0.344. The number of aromatic nitrogens is 2. The van der Waals surface area contributed by atoms with Crippen molar-refractivity contribution >= 4 is 23.8 Å². The molecule has 0 radical (unpaired) electrons. The summed E-state index contributed by atoms with van der Waals surface area (Å²) in [5.41, 5.74) is 2.92. The molecule has 0 aliphatic carbocycles. The Balaban J connectivity index is 1.85. The molecule has 0 fully saturated rings. The standard InChI is InChI=1S/C20H20FN3OS/c1-3-13(2)14-4-8-16(9-5-14)23-19(25)18-12-22-20(26)24(18)17-10-6-15(21)7-11-17/h4-13H,3H2,1-2H3,(H,22,26)(H,23,25)/t13-/m1/s1. The molecule has 26 heavy (non-hydrogen) atoms. The van der Waals surface area contributed by atoms with E-state index in [9.17, 15) is 9.18 Å². The molecule has 2 aromatic carbocycles. The smallest absolute Gasteiger partial charge is 0.274 e. The number of hydrogen-bond donors (Lipinski definition) is 2. The van der Waals surface area contributed by atoms with Gasteiger partial charge in [0.15, 0.2) is 4.77 Å². The zero-order valence-electron chi connectivity index (χ0n) is 14.6. The molecule has 0 spiro atoms. The van der Waals surface area contributed by atoms with Gasteiger partial charge in [0, 0.05) is 17.6 Å². The van der Waals surface area contributed by atoms with Gasteiger partial charge in [-0.25, -0.2) is 4.39 Å². The van der Waals surface area contributed by atoms with Crippen molar-refractivity contribution in [3.05, 3.63) is 76.6 Å². The number of rotatable bonds is 5. The number of hydrogen-bond acceptors (Lipinski definition) is 2. The number of anilines is 1. The van der Waals surface area contributed by atoms with E-state index in [4.69, 9.17) is 12.2 Å². The van der Waals surface area contributed by atoms with E-state index < -0.39 is 0 Å². The fraction of sp³-hybridized carbons (Fsp3) is 0.200. The monoisotopic (exact) mass is 369 g/mol. The summed E-state index contributed by atoms with van der Waals surface area (Å²) < 4.78 is 15.1. The first-order valence-electron chi connectivity index (χ1n) is 8.47. The van der Waals surface area contributed by atoms with E-state index in [0.29, 0.717) is 27.8 Å². The highest BCUT2D eigenvalue weighted by molar-refractivity contribution is 7.71. The van der Waals surface area contributed by atoms with Crippen LogP contribution in [0.3, 0.4) is 0 Å². The molecule has 1 amide bonds. The average Bonchev–Trinajstić information content (AvgIpc) is 3.04. The fourth-order valence-corrected chi connectivity index (χ4v) is 2.97. The van der Waals surface area contributed by atoms with Crippen molar-refractivity contribution in [1.82, 2.24) is 9.55 Å². The number of imidazole rings is 1. The molecule has 0 bridgehead atoms. The second kappa shape index (κ2) is 7.66. The normalized spacial score (nSPS) is 12.0. The molecule has 1 aromatic heterocycles. The Morgan fingerprint density at radius 2 is 1.85 bits per heavy atom. The zero-order valence-corrected chi connectivity index (χ0v) is 15.4. The van der Waals surface area contributed by atoms with Gasteiger partial charge < -0.3 is 10.3 Å². The fourth-order valence-electron chi connectivity index (χ4n) is 2.71. The van der Waals surface area contributed by atoms with E-state index in [0.717, 1.165) is 6.42 Å². The Morgan fingerprint density at radius 3 is 2.46 bits per heavy atom. The maximum Gasteiger partial charge on any atom is 0.274 e. The molecule has 4 nitrogen and oxygen atoms in total. The summed E-state index contributed by atoms with van der Waals surface area (Å²) in [4.78, 5) is 15.6. The molecule has 1 atom stereocenters. The quantitative estimate of drug-likeness (QED) is 0.588. The maximum atomic E-state index is 13.2.